The van der Waals surface area contributed by atoms with Gasteiger partial charge in [-0.05, 0) is 10.0 Å². The Balaban J connectivity index is 2.68. The molecule has 7 nitrogen and oxygen atoms in total. The Kier molecular flexibility index (Phi) is 1.23. The molecule has 2 aromatic heterocycles. The molecule has 0 spiro atoms. The van der Waals surface area contributed by atoms with Crippen molar-refractivity contribution in [3.8, 4) is 0 Å². The van der Waals surface area contributed by atoms with Crippen molar-refractivity contribution in [1.82, 2.24) is 19.8 Å². The van der Waals surface area contributed by atoms with Gasteiger partial charge in [-0.1, -0.05) is 0 Å². The molecule has 0 aliphatic heterocycles. The molecule has 0 fully saturated rings. The Morgan fingerprint density at radius 1 is 1.50 bits per heavy atom. The molecule has 2 heterocycles. The fraction of sp³-hybridized carbons (Fsp3) is 0. The maximum absolute atomic E-state index is 10.2. The lowest BCUT2D eigenvalue weighted by atomic mass is 10.7. The minimum absolute atomic E-state index is 0.314. The van der Waals surface area contributed by atoms with Crippen LogP contribution in [0.5, 0.6) is 0 Å². The van der Waals surface area contributed by atoms with Crippen molar-refractivity contribution in [2.75, 3.05) is 0 Å². The second kappa shape index (κ2) is 2.22. The second-order valence-corrected chi connectivity index (χ2v) is 2.08. The molecule has 0 aliphatic carbocycles. The summed E-state index contributed by atoms with van der Waals surface area (Å²) in [6.45, 7) is 0. The fourth-order valence-corrected chi connectivity index (χ4v) is 0.807. The molecule has 0 aliphatic rings. The smallest absolute Gasteiger partial charge is 0.358 e. The first-order chi connectivity index (χ1) is 5.77. The van der Waals surface area contributed by atoms with Gasteiger partial charge in [0.1, 0.15) is 6.20 Å². The summed E-state index contributed by atoms with van der Waals surface area (Å²) in [5, 5.41) is 20.9. The lowest BCUT2D eigenvalue weighted by Crippen LogP contribution is -1.98. The molecule has 0 bridgehead atoms. The van der Waals surface area contributed by atoms with E-state index in [4.69, 9.17) is 0 Å². The van der Waals surface area contributed by atoms with E-state index in [1.165, 1.54) is 16.9 Å². The van der Waals surface area contributed by atoms with E-state index in [1.807, 2.05) is 0 Å². The summed E-state index contributed by atoms with van der Waals surface area (Å²) in [5.41, 5.74) is 0.487. The van der Waals surface area contributed by atoms with E-state index >= 15 is 0 Å². The van der Waals surface area contributed by atoms with E-state index < -0.39 is 4.92 Å². The highest BCUT2D eigenvalue weighted by Crippen LogP contribution is 2.04. The molecule has 2 aromatic rings. The first kappa shape index (κ1) is 6.65. The number of fused-ring (bicyclic) bond motifs is 1. The zero-order chi connectivity index (χ0) is 8.55. The van der Waals surface area contributed by atoms with Crippen molar-refractivity contribution >= 4 is 11.5 Å². The molecule has 0 unspecified atom stereocenters. The van der Waals surface area contributed by atoms with E-state index in [0.717, 1.165) is 0 Å². The third-order valence-electron chi connectivity index (χ3n) is 1.33. The van der Waals surface area contributed by atoms with Gasteiger partial charge in [0.25, 0.3) is 0 Å². The van der Waals surface area contributed by atoms with E-state index in [2.05, 4.69) is 15.3 Å². The molecule has 0 saturated carbocycles. The Labute approximate surface area is 65.8 Å². The molecule has 7 heteroatoms. The molecule has 0 atom stereocenters. The first-order valence-corrected chi connectivity index (χ1v) is 3.09. The van der Waals surface area contributed by atoms with Crippen molar-refractivity contribution in [1.29, 1.82) is 0 Å². The SMILES string of the molecule is O=[N+]([O-])c1cn2nccc2nn1. The Hall–Kier alpha value is -2.05. The van der Waals surface area contributed by atoms with Gasteiger partial charge in [0.2, 0.25) is 5.65 Å². The van der Waals surface area contributed by atoms with Crippen LogP contribution in [-0.2, 0) is 0 Å². The minimum Gasteiger partial charge on any atom is -0.358 e. The number of aromatic nitrogens is 4. The zero-order valence-electron chi connectivity index (χ0n) is 5.78. The molecule has 12 heavy (non-hydrogen) atoms. The molecular weight excluding hydrogens is 162 g/mol. The Bertz CT molecular complexity index is 436. The van der Waals surface area contributed by atoms with Gasteiger partial charge in [-0.2, -0.15) is 5.10 Å². The van der Waals surface area contributed by atoms with Crippen molar-refractivity contribution < 1.29 is 4.92 Å². The summed E-state index contributed by atoms with van der Waals surface area (Å²) in [5.74, 6) is -0.314. The average molecular weight is 165 g/mol. The number of nitro groups is 1. The van der Waals surface area contributed by atoms with Crippen LogP contribution in [0.1, 0.15) is 0 Å². The van der Waals surface area contributed by atoms with E-state index in [1.54, 1.807) is 6.07 Å². The van der Waals surface area contributed by atoms with Crippen LogP contribution in [0.3, 0.4) is 0 Å². The molecule has 2 rings (SSSR count). The Morgan fingerprint density at radius 3 is 3.08 bits per heavy atom. The molecular formula is C5H3N5O2. The summed E-state index contributed by atoms with van der Waals surface area (Å²) in [7, 11) is 0. The summed E-state index contributed by atoms with van der Waals surface area (Å²) in [6.07, 6.45) is 2.70. The molecule has 0 amide bonds. The normalized spacial score (nSPS) is 10.3. The van der Waals surface area contributed by atoms with Crippen LogP contribution in [0.15, 0.2) is 18.5 Å². The van der Waals surface area contributed by atoms with Gasteiger partial charge >= 0.3 is 5.82 Å². The van der Waals surface area contributed by atoms with Crippen molar-refractivity contribution in [2.24, 2.45) is 0 Å². The van der Waals surface area contributed by atoms with Crippen LogP contribution >= 0.6 is 0 Å². The van der Waals surface area contributed by atoms with Gasteiger partial charge in [0.15, 0.2) is 0 Å². The number of hydrogen-bond donors (Lipinski definition) is 0. The van der Waals surface area contributed by atoms with Gasteiger partial charge in [-0.15, -0.1) is 0 Å². The average Bonchev–Trinajstić information content (AvgIpc) is 2.49. The maximum atomic E-state index is 10.2. The van der Waals surface area contributed by atoms with Crippen LogP contribution in [0.25, 0.3) is 5.65 Å². The Morgan fingerprint density at radius 2 is 2.33 bits per heavy atom. The van der Waals surface area contributed by atoms with Crippen LogP contribution < -0.4 is 0 Å². The first-order valence-electron chi connectivity index (χ1n) is 3.09. The number of hydrogen-bond acceptors (Lipinski definition) is 5. The van der Waals surface area contributed by atoms with Crippen molar-refractivity contribution in [3.63, 3.8) is 0 Å². The van der Waals surface area contributed by atoms with Gasteiger partial charge in [0, 0.05) is 6.07 Å². The van der Waals surface area contributed by atoms with Gasteiger partial charge in [0.05, 0.1) is 11.3 Å². The molecule has 0 saturated heterocycles. The maximum Gasteiger partial charge on any atom is 0.409 e. The third kappa shape index (κ3) is 0.875. The quantitative estimate of drug-likeness (QED) is 0.439. The highest BCUT2D eigenvalue weighted by Gasteiger charge is 2.09. The van der Waals surface area contributed by atoms with Gasteiger partial charge in [-0.25, -0.2) is 4.52 Å². The monoisotopic (exact) mass is 165 g/mol. The zero-order valence-corrected chi connectivity index (χ0v) is 5.78. The summed E-state index contributed by atoms with van der Waals surface area (Å²) in [6, 6.07) is 1.61. The molecule has 0 radical (unpaired) electrons. The third-order valence-corrected chi connectivity index (χ3v) is 1.33. The van der Waals surface area contributed by atoms with E-state index in [-0.39, 0.29) is 5.82 Å². The number of nitrogens with zero attached hydrogens (tertiary/aromatic N) is 5. The topological polar surface area (TPSA) is 86.2 Å². The van der Waals surface area contributed by atoms with E-state index in [0.29, 0.717) is 5.65 Å². The second-order valence-electron chi connectivity index (χ2n) is 2.08. The standard InChI is InChI=1S/C5H3N5O2/c11-10(12)5-3-9-4(7-8-5)1-2-6-9/h1-3H. The van der Waals surface area contributed by atoms with Crippen molar-refractivity contribution in [3.05, 3.63) is 28.6 Å². The lowest BCUT2D eigenvalue weighted by Gasteiger charge is -1.89. The summed E-state index contributed by atoms with van der Waals surface area (Å²) in [4.78, 5) is 9.61. The van der Waals surface area contributed by atoms with E-state index in [9.17, 15) is 10.1 Å². The summed E-state index contributed by atoms with van der Waals surface area (Å²) >= 11 is 0. The van der Waals surface area contributed by atoms with Gasteiger partial charge in [-0.3, -0.25) is 0 Å². The van der Waals surface area contributed by atoms with Crippen LogP contribution in [0.4, 0.5) is 5.82 Å². The van der Waals surface area contributed by atoms with Crippen LogP contribution in [0.2, 0.25) is 0 Å². The largest absolute Gasteiger partial charge is 0.409 e. The lowest BCUT2D eigenvalue weighted by molar-refractivity contribution is -0.390. The predicted molar refractivity (Wildman–Crippen MR) is 37.4 cm³/mol. The van der Waals surface area contributed by atoms with Gasteiger partial charge < -0.3 is 10.1 Å². The highest BCUT2D eigenvalue weighted by molar-refractivity contribution is 5.35. The van der Waals surface area contributed by atoms with Crippen molar-refractivity contribution in [2.45, 2.75) is 0 Å². The van der Waals surface area contributed by atoms with Crippen LogP contribution in [0, 0.1) is 10.1 Å². The molecule has 0 aromatic carbocycles. The predicted octanol–water partition coefficient (Wildman–Crippen LogP) is 0.0325. The molecule has 60 valence electrons. The highest BCUT2D eigenvalue weighted by atomic mass is 16.6. The molecule has 0 N–H and O–H groups in total. The van der Waals surface area contributed by atoms with Crippen LogP contribution in [-0.4, -0.2) is 24.7 Å². The minimum atomic E-state index is -0.617. The number of rotatable bonds is 1. The summed E-state index contributed by atoms with van der Waals surface area (Å²) < 4.78 is 1.30. The fourth-order valence-electron chi connectivity index (χ4n) is 0.807.